The summed E-state index contributed by atoms with van der Waals surface area (Å²) >= 11 is 0. The van der Waals surface area contributed by atoms with Crippen LogP contribution in [-0.2, 0) is 0 Å². The van der Waals surface area contributed by atoms with Crippen LogP contribution >= 0.6 is 0 Å². The summed E-state index contributed by atoms with van der Waals surface area (Å²) in [5, 5.41) is 4.80. The van der Waals surface area contributed by atoms with Crippen LogP contribution in [0.2, 0.25) is 0 Å². The Kier molecular flexibility index (Phi) is 16.4. The summed E-state index contributed by atoms with van der Waals surface area (Å²) in [6.45, 7) is 2.13. The Morgan fingerprint density at radius 1 is 0.218 bits per heavy atom. The van der Waals surface area contributed by atoms with Gasteiger partial charge in [-0.3, -0.25) is 4.57 Å². The first-order chi connectivity index (χ1) is 50.0. The standard InChI is InChI=1S/C47H34N4.C46H32N4/c1-33-12-21-39(22-13-33)50(40-23-14-35(15-24-40)34-8-3-2-4-9-34)41-25-16-36(17-26-41)38-20-29-46-44(32-38)43-10-5-6-11-45(43)51(46)42-27-18-37(19-28-42)47-48-30-7-31-49-47;1-3-10-33(11-4-1)35-16-23-39(24-17-35)49(40-25-18-36(19-26-40)34-12-5-2-6-13-34)41-27-20-37(21-28-41)38-22-29-45-43(32-38)42-14-7-8-15-44(42)50(45)46-47-30-9-31-48-46/h2-32H,1H3;1-32H. The molecule has 0 spiro atoms. The van der Waals surface area contributed by atoms with Crippen molar-refractivity contribution in [3.63, 3.8) is 0 Å². The molecule has 4 aromatic heterocycles. The highest BCUT2D eigenvalue weighted by Crippen LogP contribution is 2.42. The van der Waals surface area contributed by atoms with Gasteiger partial charge in [-0.1, -0.05) is 218 Å². The molecule has 478 valence electrons. The van der Waals surface area contributed by atoms with E-state index in [0.29, 0.717) is 5.95 Å². The zero-order valence-electron chi connectivity index (χ0n) is 55.5. The van der Waals surface area contributed by atoms with Gasteiger partial charge in [0, 0.05) is 91.7 Å². The predicted molar refractivity (Wildman–Crippen MR) is 419 cm³/mol. The molecule has 0 aliphatic heterocycles. The summed E-state index contributed by atoms with van der Waals surface area (Å²) in [7, 11) is 0. The summed E-state index contributed by atoms with van der Waals surface area (Å²) in [6.07, 6.45) is 7.13. The van der Waals surface area contributed by atoms with E-state index in [1.165, 1.54) is 82.6 Å². The molecule has 8 heteroatoms. The van der Waals surface area contributed by atoms with Crippen LogP contribution in [0.15, 0.2) is 383 Å². The van der Waals surface area contributed by atoms with Gasteiger partial charge in [0.25, 0.3) is 0 Å². The number of nitrogens with zero attached hydrogens (tertiary/aromatic N) is 8. The maximum Gasteiger partial charge on any atom is 0.234 e. The van der Waals surface area contributed by atoms with Gasteiger partial charge >= 0.3 is 0 Å². The average Bonchev–Trinajstić information content (AvgIpc) is 1.61. The maximum atomic E-state index is 4.57. The van der Waals surface area contributed by atoms with Gasteiger partial charge in [0.1, 0.15) is 0 Å². The van der Waals surface area contributed by atoms with Gasteiger partial charge < -0.3 is 14.4 Å². The van der Waals surface area contributed by atoms with Crippen molar-refractivity contribution in [2.75, 3.05) is 9.80 Å². The Bertz CT molecular complexity index is 5790. The van der Waals surface area contributed by atoms with Crippen LogP contribution in [0.3, 0.4) is 0 Å². The third-order valence-corrected chi connectivity index (χ3v) is 19.0. The third-order valence-electron chi connectivity index (χ3n) is 19.0. The molecule has 0 N–H and O–H groups in total. The first-order valence-corrected chi connectivity index (χ1v) is 34.1. The average molecular weight is 1300 g/mol. The molecular formula is C93H66N8. The van der Waals surface area contributed by atoms with Crippen LogP contribution < -0.4 is 9.80 Å². The quantitative estimate of drug-likeness (QED) is 0.108. The lowest BCUT2D eigenvalue weighted by molar-refractivity contribution is 0.988. The van der Waals surface area contributed by atoms with E-state index in [1.54, 1.807) is 24.8 Å². The lowest BCUT2D eigenvalue weighted by Crippen LogP contribution is -2.09. The van der Waals surface area contributed by atoms with E-state index in [1.807, 2.05) is 12.1 Å². The van der Waals surface area contributed by atoms with Crippen LogP contribution in [0.25, 0.3) is 122 Å². The number of aromatic nitrogens is 6. The number of hydrogen-bond acceptors (Lipinski definition) is 6. The highest BCUT2D eigenvalue weighted by atomic mass is 15.2. The van der Waals surface area contributed by atoms with Crippen molar-refractivity contribution in [1.82, 2.24) is 29.1 Å². The number of rotatable bonds is 14. The minimum absolute atomic E-state index is 0.671. The first-order valence-electron chi connectivity index (χ1n) is 34.1. The lowest BCUT2D eigenvalue weighted by atomic mass is 10.0. The smallest absolute Gasteiger partial charge is 0.234 e. The fourth-order valence-electron chi connectivity index (χ4n) is 13.9. The van der Waals surface area contributed by atoms with Crippen LogP contribution in [0, 0.1) is 6.92 Å². The predicted octanol–water partition coefficient (Wildman–Crippen LogP) is 24.4. The highest BCUT2D eigenvalue weighted by Gasteiger charge is 2.20. The number of hydrogen-bond donors (Lipinski definition) is 0. The lowest BCUT2D eigenvalue weighted by Gasteiger charge is -2.26. The summed E-state index contributed by atoms with van der Waals surface area (Å²) in [4.78, 5) is 22.6. The highest BCUT2D eigenvalue weighted by molar-refractivity contribution is 6.11. The fourth-order valence-corrected chi connectivity index (χ4v) is 13.9. The molecule has 0 fully saturated rings. The molecule has 0 radical (unpaired) electrons. The van der Waals surface area contributed by atoms with Gasteiger partial charge in [0.05, 0.1) is 22.1 Å². The van der Waals surface area contributed by atoms with E-state index in [4.69, 9.17) is 0 Å². The van der Waals surface area contributed by atoms with Crippen molar-refractivity contribution >= 4 is 77.7 Å². The normalized spacial score (nSPS) is 11.2. The monoisotopic (exact) mass is 1290 g/mol. The van der Waals surface area contributed by atoms with E-state index in [-0.39, 0.29) is 0 Å². The SMILES string of the molecule is Cc1ccc(N(c2ccc(-c3ccccc3)cc2)c2ccc(-c3ccc4c(c3)c3ccccc3n4-c3ccc(-c4ncccn4)cc3)cc2)cc1.c1ccc(-c2ccc(N(c3ccc(-c4ccccc4)cc3)c3ccc(-c4ccc5c(c4)c4ccccc4n5-c4ncccn4)cc3)cc2)cc1. The van der Waals surface area contributed by atoms with Gasteiger partial charge in [-0.05, 0) is 208 Å². The van der Waals surface area contributed by atoms with Crippen molar-refractivity contribution in [1.29, 1.82) is 0 Å². The fraction of sp³-hybridized carbons (Fsp3) is 0.0108. The molecule has 0 saturated carbocycles. The molecule has 0 amide bonds. The van der Waals surface area contributed by atoms with Crippen molar-refractivity contribution in [2.45, 2.75) is 6.92 Å². The molecule has 0 unspecified atom stereocenters. The Hall–Kier alpha value is -13.6. The molecule has 18 rings (SSSR count). The molecule has 101 heavy (non-hydrogen) atoms. The molecule has 0 saturated heterocycles. The van der Waals surface area contributed by atoms with Gasteiger partial charge in [0.15, 0.2) is 5.82 Å². The van der Waals surface area contributed by atoms with E-state index in [0.717, 1.165) is 73.4 Å². The Balaban J connectivity index is 0.000000151. The summed E-state index contributed by atoms with van der Waals surface area (Å²) < 4.78 is 4.48. The molecule has 0 bridgehead atoms. The molecular weight excluding hydrogens is 1230 g/mol. The van der Waals surface area contributed by atoms with Crippen LogP contribution in [0.1, 0.15) is 5.56 Å². The summed E-state index contributed by atoms with van der Waals surface area (Å²) in [5.74, 6) is 1.40. The van der Waals surface area contributed by atoms with Crippen molar-refractivity contribution in [3.05, 3.63) is 388 Å². The summed E-state index contributed by atoms with van der Waals surface area (Å²) in [5.41, 5.74) is 26.4. The van der Waals surface area contributed by atoms with E-state index in [2.05, 4.69) is 392 Å². The number of aryl methyl sites for hydroxylation is 1. The van der Waals surface area contributed by atoms with Crippen LogP contribution in [-0.4, -0.2) is 29.1 Å². The second-order valence-corrected chi connectivity index (χ2v) is 25.2. The Labute approximate surface area is 587 Å². The Morgan fingerprint density at radius 3 is 0.901 bits per heavy atom. The molecule has 18 aromatic rings. The number of para-hydroxylation sites is 2. The van der Waals surface area contributed by atoms with Crippen molar-refractivity contribution < 1.29 is 0 Å². The van der Waals surface area contributed by atoms with Gasteiger partial charge in [0.2, 0.25) is 5.95 Å². The Morgan fingerprint density at radius 2 is 0.505 bits per heavy atom. The molecule has 8 nitrogen and oxygen atoms in total. The third kappa shape index (κ3) is 12.2. The van der Waals surface area contributed by atoms with Crippen LogP contribution in [0.5, 0.6) is 0 Å². The number of benzene rings is 14. The van der Waals surface area contributed by atoms with Gasteiger partial charge in [-0.2, -0.15) is 0 Å². The zero-order valence-corrected chi connectivity index (χ0v) is 55.5. The minimum atomic E-state index is 0.671. The molecule has 0 aliphatic carbocycles. The first kappa shape index (κ1) is 61.1. The molecule has 0 aliphatic rings. The van der Waals surface area contributed by atoms with E-state index < -0.39 is 0 Å². The summed E-state index contributed by atoms with van der Waals surface area (Å²) in [6, 6.07) is 127. The molecule has 0 atom stereocenters. The minimum Gasteiger partial charge on any atom is -0.311 e. The number of anilines is 6. The second kappa shape index (κ2) is 27.2. The zero-order chi connectivity index (χ0) is 67.4. The molecule has 4 heterocycles. The van der Waals surface area contributed by atoms with E-state index >= 15 is 0 Å². The van der Waals surface area contributed by atoms with Gasteiger partial charge in [-0.15, -0.1) is 0 Å². The van der Waals surface area contributed by atoms with Crippen LogP contribution in [0.4, 0.5) is 34.1 Å². The van der Waals surface area contributed by atoms with E-state index in [9.17, 15) is 0 Å². The second-order valence-electron chi connectivity index (χ2n) is 25.2. The molecule has 14 aromatic carbocycles. The largest absolute Gasteiger partial charge is 0.311 e. The van der Waals surface area contributed by atoms with Gasteiger partial charge in [-0.25, -0.2) is 19.9 Å². The number of fused-ring (bicyclic) bond motifs is 6. The van der Waals surface area contributed by atoms with Crippen molar-refractivity contribution in [2.24, 2.45) is 0 Å². The van der Waals surface area contributed by atoms with Crippen molar-refractivity contribution in [3.8, 4) is 78.7 Å². The maximum absolute atomic E-state index is 4.57. The topological polar surface area (TPSA) is 67.9 Å².